The quantitative estimate of drug-likeness (QED) is 0.812. The number of nitrogens with one attached hydrogen (secondary N) is 1. The third-order valence-corrected chi connectivity index (χ3v) is 4.63. The van der Waals surface area contributed by atoms with E-state index in [0.29, 0.717) is 5.56 Å². The van der Waals surface area contributed by atoms with Gasteiger partial charge in [-0.05, 0) is 46.3 Å². The zero-order chi connectivity index (χ0) is 15.6. The molecule has 0 radical (unpaired) electrons. The molecule has 0 bridgehead atoms. The molecule has 3 N–H and O–H groups in total. The van der Waals surface area contributed by atoms with Gasteiger partial charge in [-0.1, -0.05) is 6.07 Å². The van der Waals surface area contributed by atoms with E-state index in [0.717, 1.165) is 12.1 Å². The fourth-order valence-corrected chi connectivity index (χ4v) is 3.32. The number of sulfonamides is 1. The zero-order valence-corrected chi connectivity index (χ0v) is 12.9. The molecular formula is C13H9BrFN3O2S. The fraction of sp³-hybridized carbons (Fsp3) is 0. The number of nitriles is 1. The molecule has 2 aromatic carbocycles. The zero-order valence-electron chi connectivity index (χ0n) is 10.5. The molecule has 2 aromatic rings. The van der Waals surface area contributed by atoms with Gasteiger partial charge in [-0.3, -0.25) is 4.72 Å². The highest BCUT2D eigenvalue weighted by molar-refractivity contribution is 9.10. The standard InChI is InChI=1S/C13H9BrFN3O2S/c14-10-5-13(12(17)6-11(10)15)21(19,20)18-9-3-1-2-8(4-9)7-16/h1-6,18H,17H2. The van der Waals surface area contributed by atoms with Gasteiger partial charge in [-0.25, -0.2) is 12.8 Å². The molecule has 0 aliphatic rings. The highest BCUT2D eigenvalue weighted by Crippen LogP contribution is 2.27. The van der Waals surface area contributed by atoms with E-state index in [1.807, 2.05) is 6.07 Å². The first-order valence-corrected chi connectivity index (χ1v) is 7.88. The van der Waals surface area contributed by atoms with E-state index in [1.165, 1.54) is 12.1 Å². The molecule has 0 fully saturated rings. The first-order chi connectivity index (χ1) is 9.83. The van der Waals surface area contributed by atoms with Crippen LogP contribution in [0.1, 0.15) is 5.56 Å². The molecule has 0 aromatic heterocycles. The molecular weight excluding hydrogens is 361 g/mol. The van der Waals surface area contributed by atoms with E-state index in [9.17, 15) is 12.8 Å². The van der Waals surface area contributed by atoms with Crippen LogP contribution in [-0.2, 0) is 10.0 Å². The van der Waals surface area contributed by atoms with Crippen molar-refractivity contribution in [1.29, 1.82) is 5.26 Å². The average molecular weight is 370 g/mol. The number of anilines is 2. The Morgan fingerprint density at radius 2 is 2.00 bits per heavy atom. The second-order valence-electron chi connectivity index (χ2n) is 4.10. The Hall–Kier alpha value is -2.11. The monoisotopic (exact) mass is 369 g/mol. The first kappa shape index (κ1) is 15.3. The van der Waals surface area contributed by atoms with Crippen LogP contribution >= 0.6 is 15.9 Å². The van der Waals surface area contributed by atoms with Gasteiger partial charge in [0.05, 0.1) is 27.5 Å². The van der Waals surface area contributed by atoms with Gasteiger partial charge in [0.25, 0.3) is 10.0 Å². The number of benzene rings is 2. The Bertz CT molecular complexity index is 847. The Kier molecular flexibility index (Phi) is 4.16. The minimum atomic E-state index is -3.99. The molecule has 0 aliphatic carbocycles. The first-order valence-electron chi connectivity index (χ1n) is 5.61. The predicted molar refractivity (Wildman–Crippen MR) is 80.5 cm³/mol. The molecule has 0 amide bonds. The minimum absolute atomic E-state index is 0.0112. The number of halogens is 2. The Balaban J connectivity index is 2.43. The maximum absolute atomic E-state index is 13.3. The minimum Gasteiger partial charge on any atom is -0.398 e. The van der Waals surface area contributed by atoms with Crippen LogP contribution in [0, 0.1) is 17.1 Å². The van der Waals surface area contributed by atoms with Gasteiger partial charge < -0.3 is 5.73 Å². The summed E-state index contributed by atoms with van der Waals surface area (Å²) in [5, 5.41) is 8.79. The topological polar surface area (TPSA) is 96.0 Å². The van der Waals surface area contributed by atoms with E-state index in [4.69, 9.17) is 11.0 Å². The lowest BCUT2D eigenvalue weighted by molar-refractivity contribution is 0.599. The lowest BCUT2D eigenvalue weighted by Gasteiger charge is -2.11. The van der Waals surface area contributed by atoms with Gasteiger partial charge in [0, 0.05) is 0 Å². The Morgan fingerprint density at radius 3 is 2.67 bits per heavy atom. The van der Waals surface area contributed by atoms with Gasteiger partial charge >= 0.3 is 0 Å². The van der Waals surface area contributed by atoms with Crippen molar-refractivity contribution in [3.05, 3.63) is 52.3 Å². The summed E-state index contributed by atoms with van der Waals surface area (Å²) in [5.41, 5.74) is 5.87. The van der Waals surface area contributed by atoms with E-state index >= 15 is 0 Å². The lowest BCUT2D eigenvalue weighted by atomic mass is 10.2. The molecule has 0 saturated heterocycles. The molecule has 108 valence electrons. The number of hydrogen-bond donors (Lipinski definition) is 2. The molecule has 0 saturated carbocycles. The largest absolute Gasteiger partial charge is 0.398 e. The highest BCUT2D eigenvalue weighted by atomic mass is 79.9. The second kappa shape index (κ2) is 5.71. The highest BCUT2D eigenvalue weighted by Gasteiger charge is 2.20. The van der Waals surface area contributed by atoms with Crippen LogP contribution < -0.4 is 10.5 Å². The van der Waals surface area contributed by atoms with Crippen molar-refractivity contribution >= 4 is 37.3 Å². The predicted octanol–water partition coefficient (Wildman–Crippen LogP) is 2.84. The molecule has 0 atom stereocenters. The SMILES string of the molecule is N#Cc1cccc(NS(=O)(=O)c2cc(Br)c(F)cc2N)c1. The van der Waals surface area contributed by atoms with Crippen LogP contribution in [0.25, 0.3) is 0 Å². The van der Waals surface area contributed by atoms with Crippen LogP contribution in [-0.4, -0.2) is 8.42 Å². The summed E-state index contributed by atoms with van der Waals surface area (Å²) >= 11 is 2.92. The molecule has 0 spiro atoms. The third-order valence-electron chi connectivity index (χ3n) is 2.59. The number of nitrogen functional groups attached to an aromatic ring is 1. The Labute approximate surface area is 129 Å². The van der Waals surface area contributed by atoms with E-state index in [2.05, 4.69) is 20.7 Å². The van der Waals surface area contributed by atoms with Crippen LogP contribution in [0.3, 0.4) is 0 Å². The van der Waals surface area contributed by atoms with Crippen molar-refractivity contribution in [1.82, 2.24) is 0 Å². The molecule has 21 heavy (non-hydrogen) atoms. The third kappa shape index (κ3) is 3.32. The van der Waals surface area contributed by atoms with Gasteiger partial charge in [0.1, 0.15) is 10.7 Å². The van der Waals surface area contributed by atoms with Crippen molar-refractivity contribution in [3.8, 4) is 6.07 Å². The maximum Gasteiger partial charge on any atom is 0.263 e. The summed E-state index contributed by atoms with van der Waals surface area (Å²) in [6.45, 7) is 0. The van der Waals surface area contributed by atoms with Crippen LogP contribution in [0.4, 0.5) is 15.8 Å². The Morgan fingerprint density at radius 1 is 1.29 bits per heavy atom. The molecule has 8 heteroatoms. The van der Waals surface area contributed by atoms with Gasteiger partial charge in [0.2, 0.25) is 0 Å². The van der Waals surface area contributed by atoms with Crippen molar-refractivity contribution in [2.24, 2.45) is 0 Å². The smallest absolute Gasteiger partial charge is 0.263 e. The van der Waals surface area contributed by atoms with Crippen LogP contribution in [0.15, 0.2) is 45.8 Å². The van der Waals surface area contributed by atoms with Gasteiger partial charge in [0.15, 0.2) is 0 Å². The molecule has 5 nitrogen and oxygen atoms in total. The van der Waals surface area contributed by atoms with Gasteiger partial charge in [-0.2, -0.15) is 5.26 Å². The maximum atomic E-state index is 13.3. The van der Waals surface area contributed by atoms with Crippen molar-refractivity contribution in [2.75, 3.05) is 10.5 Å². The summed E-state index contributed by atoms with van der Waals surface area (Å²) in [4.78, 5) is -0.252. The van der Waals surface area contributed by atoms with Crippen molar-refractivity contribution in [2.45, 2.75) is 4.90 Å². The van der Waals surface area contributed by atoms with E-state index in [1.54, 1.807) is 12.1 Å². The summed E-state index contributed by atoms with van der Waals surface area (Å²) in [5.74, 6) is -0.655. The summed E-state index contributed by atoms with van der Waals surface area (Å²) in [6.07, 6.45) is 0. The molecule has 0 heterocycles. The number of hydrogen-bond acceptors (Lipinski definition) is 4. The van der Waals surface area contributed by atoms with Gasteiger partial charge in [-0.15, -0.1) is 0 Å². The number of rotatable bonds is 3. The van der Waals surface area contributed by atoms with Crippen molar-refractivity contribution in [3.63, 3.8) is 0 Å². The fourth-order valence-electron chi connectivity index (χ4n) is 1.64. The molecule has 0 unspecified atom stereocenters. The normalized spacial score (nSPS) is 10.9. The number of nitrogens with two attached hydrogens (primary N) is 1. The van der Waals surface area contributed by atoms with Crippen molar-refractivity contribution < 1.29 is 12.8 Å². The molecule has 0 aliphatic heterocycles. The van der Waals surface area contributed by atoms with E-state index in [-0.39, 0.29) is 20.7 Å². The van der Waals surface area contributed by atoms with E-state index < -0.39 is 15.8 Å². The second-order valence-corrected chi connectivity index (χ2v) is 6.61. The summed E-state index contributed by atoms with van der Waals surface area (Å²) in [7, 11) is -3.99. The van der Waals surface area contributed by atoms with Crippen LogP contribution in [0.5, 0.6) is 0 Å². The summed E-state index contributed by atoms with van der Waals surface area (Å²) < 4.78 is 40.1. The molecule has 2 rings (SSSR count). The van der Waals surface area contributed by atoms with Crippen LogP contribution in [0.2, 0.25) is 0 Å². The average Bonchev–Trinajstić information content (AvgIpc) is 2.42. The lowest BCUT2D eigenvalue weighted by Crippen LogP contribution is -2.15. The summed E-state index contributed by atoms with van der Waals surface area (Å²) in [6, 6.07) is 9.87. The number of nitrogens with zero attached hydrogens (tertiary/aromatic N) is 1.